The van der Waals surface area contributed by atoms with E-state index in [0.29, 0.717) is 5.75 Å². The Balaban J connectivity index is 1.86. The largest absolute Gasteiger partial charge is 0.456 e. The Bertz CT molecular complexity index is 820. The highest BCUT2D eigenvalue weighted by atomic mass is 19.1. The molecule has 0 atom stereocenters. The number of rotatable bonds is 3. The fourth-order valence-corrected chi connectivity index (χ4v) is 2.17. The maximum atomic E-state index is 13.5. The van der Waals surface area contributed by atoms with Crippen LogP contribution in [0.25, 0.3) is 11.1 Å². The van der Waals surface area contributed by atoms with Crippen molar-refractivity contribution in [2.45, 2.75) is 0 Å². The minimum Gasteiger partial charge on any atom is -0.456 e. The van der Waals surface area contributed by atoms with E-state index in [1.54, 1.807) is 18.2 Å². The second-order valence-corrected chi connectivity index (χ2v) is 4.72. The molecule has 0 amide bonds. The molecule has 0 saturated carbocycles. The fraction of sp³-hybridized carbons (Fsp3) is 0. The Morgan fingerprint density at radius 1 is 0.773 bits per heavy atom. The molecule has 0 saturated heterocycles. The lowest BCUT2D eigenvalue weighted by Crippen LogP contribution is -1.91. The highest BCUT2D eigenvalue weighted by Gasteiger charge is 2.09. The molecule has 3 heteroatoms. The first kappa shape index (κ1) is 13.8. The molecule has 0 spiro atoms. The van der Waals surface area contributed by atoms with Crippen molar-refractivity contribution < 1.29 is 9.13 Å². The van der Waals surface area contributed by atoms with E-state index in [0.717, 1.165) is 11.1 Å². The summed E-state index contributed by atoms with van der Waals surface area (Å²) in [5, 5.41) is 9.00. The van der Waals surface area contributed by atoms with Gasteiger partial charge in [0.2, 0.25) is 0 Å². The molecule has 2 nitrogen and oxygen atoms in total. The van der Waals surface area contributed by atoms with Crippen molar-refractivity contribution in [2.75, 3.05) is 0 Å². The van der Waals surface area contributed by atoms with Crippen molar-refractivity contribution in [3.8, 4) is 28.7 Å². The van der Waals surface area contributed by atoms with Crippen LogP contribution in [0.5, 0.6) is 11.5 Å². The van der Waals surface area contributed by atoms with Crippen LogP contribution in [0.2, 0.25) is 0 Å². The van der Waals surface area contributed by atoms with E-state index in [1.165, 1.54) is 12.1 Å². The van der Waals surface area contributed by atoms with E-state index in [4.69, 9.17) is 10.00 Å². The van der Waals surface area contributed by atoms with Crippen LogP contribution in [-0.2, 0) is 0 Å². The lowest BCUT2D eigenvalue weighted by Gasteiger charge is -2.08. The zero-order valence-electron chi connectivity index (χ0n) is 11.7. The predicted octanol–water partition coefficient (Wildman–Crippen LogP) is 5.16. The Labute approximate surface area is 128 Å². The second-order valence-electron chi connectivity index (χ2n) is 4.72. The van der Waals surface area contributed by atoms with Gasteiger partial charge in [-0.1, -0.05) is 48.5 Å². The van der Waals surface area contributed by atoms with Gasteiger partial charge < -0.3 is 4.74 Å². The van der Waals surface area contributed by atoms with Crippen LogP contribution in [0.15, 0.2) is 72.8 Å². The van der Waals surface area contributed by atoms with Gasteiger partial charge in [-0.05, 0) is 35.4 Å². The maximum absolute atomic E-state index is 13.5. The van der Waals surface area contributed by atoms with Gasteiger partial charge in [0.15, 0.2) is 0 Å². The molecule has 0 bridgehead atoms. The third-order valence-corrected chi connectivity index (χ3v) is 3.28. The molecule has 3 aromatic carbocycles. The molecule has 0 radical (unpaired) electrons. The molecule has 3 rings (SSSR count). The average molecular weight is 289 g/mol. The summed E-state index contributed by atoms with van der Waals surface area (Å²) in [6, 6.07) is 23.6. The summed E-state index contributed by atoms with van der Waals surface area (Å²) >= 11 is 0. The zero-order chi connectivity index (χ0) is 15.4. The van der Waals surface area contributed by atoms with Crippen molar-refractivity contribution in [3.05, 3.63) is 84.2 Å². The zero-order valence-corrected chi connectivity index (χ0v) is 11.7. The van der Waals surface area contributed by atoms with Crippen LogP contribution < -0.4 is 4.74 Å². The first-order valence-corrected chi connectivity index (χ1v) is 6.80. The number of nitriles is 1. The predicted molar refractivity (Wildman–Crippen MR) is 83.1 cm³/mol. The van der Waals surface area contributed by atoms with Crippen molar-refractivity contribution in [1.82, 2.24) is 0 Å². The van der Waals surface area contributed by atoms with Crippen LogP contribution in [0.4, 0.5) is 4.39 Å². The van der Waals surface area contributed by atoms with Crippen LogP contribution in [0.1, 0.15) is 5.56 Å². The van der Waals surface area contributed by atoms with Gasteiger partial charge in [0.05, 0.1) is 0 Å². The van der Waals surface area contributed by atoms with Gasteiger partial charge in [0, 0.05) is 0 Å². The lowest BCUT2D eigenvalue weighted by molar-refractivity contribution is 0.474. The van der Waals surface area contributed by atoms with E-state index in [2.05, 4.69) is 0 Å². The van der Waals surface area contributed by atoms with E-state index in [-0.39, 0.29) is 11.3 Å². The molecule has 0 heterocycles. The van der Waals surface area contributed by atoms with Crippen molar-refractivity contribution in [2.24, 2.45) is 0 Å². The average Bonchev–Trinajstić information content (AvgIpc) is 2.57. The molecule has 0 aliphatic rings. The third-order valence-electron chi connectivity index (χ3n) is 3.28. The van der Waals surface area contributed by atoms with Gasteiger partial charge in [-0.15, -0.1) is 0 Å². The standard InChI is InChI=1S/C19H12FNO/c20-18-7-4-8-19(17(18)13-21)22-16-11-9-15(10-12-16)14-5-2-1-3-6-14/h1-12H. The summed E-state index contributed by atoms with van der Waals surface area (Å²) in [6.45, 7) is 0. The van der Waals surface area contributed by atoms with E-state index >= 15 is 0 Å². The Morgan fingerprint density at radius 3 is 2.14 bits per heavy atom. The van der Waals surface area contributed by atoms with Crippen LogP contribution >= 0.6 is 0 Å². The van der Waals surface area contributed by atoms with E-state index in [9.17, 15) is 4.39 Å². The van der Waals surface area contributed by atoms with Crippen LogP contribution in [0, 0.1) is 17.1 Å². The van der Waals surface area contributed by atoms with Crippen LogP contribution in [-0.4, -0.2) is 0 Å². The van der Waals surface area contributed by atoms with Gasteiger partial charge in [0.1, 0.15) is 28.9 Å². The number of halogens is 1. The molecular formula is C19H12FNO. The Hall–Kier alpha value is -3.12. The fourth-order valence-electron chi connectivity index (χ4n) is 2.17. The summed E-state index contributed by atoms with van der Waals surface area (Å²) in [5.41, 5.74) is 2.08. The number of benzene rings is 3. The summed E-state index contributed by atoms with van der Waals surface area (Å²) in [5.74, 6) is 0.192. The quantitative estimate of drug-likeness (QED) is 0.667. The van der Waals surface area contributed by atoms with Gasteiger partial charge in [-0.2, -0.15) is 5.26 Å². The molecule has 106 valence electrons. The first-order chi connectivity index (χ1) is 10.8. The van der Waals surface area contributed by atoms with Crippen molar-refractivity contribution in [1.29, 1.82) is 5.26 Å². The highest BCUT2D eigenvalue weighted by molar-refractivity contribution is 5.64. The molecular weight excluding hydrogens is 277 g/mol. The van der Waals surface area contributed by atoms with Crippen molar-refractivity contribution >= 4 is 0 Å². The number of nitrogens with zero attached hydrogens (tertiary/aromatic N) is 1. The topological polar surface area (TPSA) is 33.0 Å². The normalized spacial score (nSPS) is 10.0. The second kappa shape index (κ2) is 6.11. The minimum atomic E-state index is -0.582. The van der Waals surface area contributed by atoms with Gasteiger partial charge in [0.25, 0.3) is 0 Å². The summed E-state index contributed by atoms with van der Waals surface area (Å²) in [7, 11) is 0. The van der Waals surface area contributed by atoms with Gasteiger partial charge >= 0.3 is 0 Å². The molecule has 0 aliphatic carbocycles. The molecule has 0 N–H and O–H groups in total. The summed E-state index contributed by atoms with van der Waals surface area (Å²) < 4.78 is 19.1. The molecule has 0 aromatic heterocycles. The molecule has 0 unspecified atom stereocenters. The Morgan fingerprint density at radius 2 is 1.45 bits per heavy atom. The first-order valence-electron chi connectivity index (χ1n) is 6.80. The third kappa shape index (κ3) is 2.82. The number of hydrogen-bond donors (Lipinski definition) is 0. The molecule has 0 aliphatic heterocycles. The Kier molecular flexibility index (Phi) is 3.84. The SMILES string of the molecule is N#Cc1c(F)cccc1Oc1ccc(-c2ccccc2)cc1. The van der Waals surface area contributed by atoms with Crippen molar-refractivity contribution in [3.63, 3.8) is 0 Å². The molecule has 22 heavy (non-hydrogen) atoms. The number of ether oxygens (including phenoxy) is 1. The number of hydrogen-bond acceptors (Lipinski definition) is 2. The molecule has 3 aromatic rings. The van der Waals surface area contributed by atoms with E-state index < -0.39 is 5.82 Å². The summed E-state index contributed by atoms with van der Waals surface area (Å²) in [6.07, 6.45) is 0. The summed E-state index contributed by atoms with van der Waals surface area (Å²) in [4.78, 5) is 0. The highest BCUT2D eigenvalue weighted by Crippen LogP contribution is 2.28. The smallest absolute Gasteiger partial charge is 0.148 e. The maximum Gasteiger partial charge on any atom is 0.148 e. The minimum absolute atomic E-state index is 0.0883. The lowest BCUT2D eigenvalue weighted by atomic mass is 10.1. The van der Waals surface area contributed by atoms with E-state index in [1.807, 2.05) is 48.5 Å². The monoisotopic (exact) mass is 289 g/mol. The van der Waals surface area contributed by atoms with Gasteiger partial charge in [-0.25, -0.2) is 4.39 Å². The van der Waals surface area contributed by atoms with Crippen LogP contribution in [0.3, 0.4) is 0 Å². The van der Waals surface area contributed by atoms with Gasteiger partial charge in [-0.3, -0.25) is 0 Å². The molecule has 0 fully saturated rings.